The molecule has 11 heteroatoms. The molecular formula is C17H20ClFN6O3. The van der Waals surface area contributed by atoms with Crippen LogP contribution in [0.2, 0.25) is 0 Å². The molecule has 0 spiro atoms. The van der Waals surface area contributed by atoms with Crippen molar-refractivity contribution in [1.29, 1.82) is 0 Å². The summed E-state index contributed by atoms with van der Waals surface area (Å²) < 4.78 is 15.5. The average Bonchev–Trinajstić information content (AvgIpc) is 3.11. The Balaban J connectivity index is 0.00000225. The summed E-state index contributed by atoms with van der Waals surface area (Å²) in [6.45, 7) is 3.36. The first-order valence-corrected chi connectivity index (χ1v) is 8.90. The lowest BCUT2D eigenvalue weighted by atomic mass is 9.95. The highest BCUT2D eigenvalue weighted by Gasteiger charge is 2.31. The number of nitro groups is 1. The largest absolute Gasteiger partial charge is 0.338 e. The second kappa shape index (κ2) is 8.19. The third-order valence-electron chi connectivity index (χ3n) is 5.19. The summed E-state index contributed by atoms with van der Waals surface area (Å²) in [5, 5.41) is 23.0. The average molecular weight is 411 g/mol. The van der Waals surface area contributed by atoms with Gasteiger partial charge in [0.2, 0.25) is 0 Å². The Hall–Kier alpha value is -2.59. The molecule has 1 fully saturated rings. The van der Waals surface area contributed by atoms with Crippen LogP contribution < -0.4 is 5.32 Å². The molecule has 1 saturated heterocycles. The van der Waals surface area contributed by atoms with Crippen molar-refractivity contribution in [2.24, 2.45) is 0 Å². The first-order valence-electron chi connectivity index (χ1n) is 8.90. The van der Waals surface area contributed by atoms with Gasteiger partial charge in [0.05, 0.1) is 17.5 Å². The predicted molar refractivity (Wildman–Crippen MR) is 99.9 cm³/mol. The lowest BCUT2D eigenvalue weighted by Gasteiger charge is -2.32. The van der Waals surface area contributed by atoms with Gasteiger partial charge in [0, 0.05) is 32.1 Å². The summed E-state index contributed by atoms with van der Waals surface area (Å²) in [7, 11) is 0. The fourth-order valence-corrected chi connectivity index (χ4v) is 3.76. The molecule has 0 saturated carbocycles. The number of rotatable bonds is 3. The van der Waals surface area contributed by atoms with Gasteiger partial charge in [-0.25, -0.2) is 4.39 Å². The zero-order valence-electron chi connectivity index (χ0n) is 15.0. The Kier molecular flexibility index (Phi) is 5.90. The highest BCUT2D eigenvalue weighted by Crippen LogP contribution is 2.30. The molecule has 2 aliphatic heterocycles. The van der Waals surface area contributed by atoms with E-state index in [1.54, 1.807) is 4.90 Å². The van der Waals surface area contributed by atoms with Crippen LogP contribution >= 0.6 is 12.4 Å². The number of hydrogen-bond donors (Lipinski definition) is 1. The van der Waals surface area contributed by atoms with Gasteiger partial charge in [-0.05, 0) is 25.0 Å². The molecule has 1 N–H and O–H groups in total. The van der Waals surface area contributed by atoms with E-state index in [2.05, 4.69) is 20.1 Å². The van der Waals surface area contributed by atoms with Crippen molar-refractivity contribution in [3.05, 3.63) is 51.3 Å². The summed E-state index contributed by atoms with van der Waals surface area (Å²) >= 11 is 0. The Morgan fingerprint density at radius 2 is 2.00 bits per heavy atom. The number of carbonyl (C=O) groups is 1. The number of nitro benzene ring substituents is 1. The molecule has 0 aliphatic carbocycles. The maximum absolute atomic E-state index is 13.3. The smallest absolute Gasteiger partial charge is 0.285 e. The molecule has 2 aliphatic rings. The highest BCUT2D eigenvalue weighted by atomic mass is 35.5. The van der Waals surface area contributed by atoms with Gasteiger partial charge in [-0.1, -0.05) is 0 Å². The third kappa shape index (κ3) is 3.69. The van der Waals surface area contributed by atoms with Gasteiger partial charge >= 0.3 is 0 Å². The third-order valence-corrected chi connectivity index (χ3v) is 5.19. The predicted octanol–water partition coefficient (Wildman–Crippen LogP) is 1.87. The Morgan fingerprint density at radius 1 is 1.25 bits per heavy atom. The lowest BCUT2D eigenvalue weighted by Crippen LogP contribution is -2.39. The summed E-state index contributed by atoms with van der Waals surface area (Å²) in [5.41, 5.74) is -0.577. The van der Waals surface area contributed by atoms with Gasteiger partial charge in [-0.3, -0.25) is 14.9 Å². The Labute approximate surface area is 166 Å². The van der Waals surface area contributed by atoms with E-state index >= 15 is 0 Å². The highest BCUT2D eigenvalue weighted by molar-refractivity contribution is 5.98. The van der Waals surface area contributed by atoms with Crippen molar-refractivity contribution >= 4 is 24.0 Å². The molecule has 0 unspecified atom stereocenters. The van der Waals surface area contributed by atoms with E-state index in [0.717, 1.165) is 36.9 Å². The monoisotopic (exact) mass is 410 g/mol. The van der Waals surface area contributed by atoms with Crippen molar-refractivity contribution in [3.8, 4) is 0 Å². The van der Waals surface area contributed by atoms with Gasteiger partial charge in [-0.15, -0.1) is 22.6 Å². The standard InChI is InChI=1S/C17H19FN6O3.ClH/c18-12-1-2-13(14(9-12)24(26)27)17(25)22-6-3-11(4-7-22)16-21-20-15-10-19-5-8-23(15)16;/h1-2,9,11,19H,3-8,10H2;1H. The Morgan fingerprint density at radius 3 is 2.71 bits per heavy atom. The number of hydrogen-bond acceptors (Lipinski definition) is 6. The number of fused-ring (bicyclic) bond motifs is 1. The number of piperidine rings is 1. The summed E-state index contributed by atoms with van der Waals surface area (Å²) in [6.07, 6.45) is 1.43. The Bertz CT molecular complexity index is 897. The minimum absolute atomic E-state index is 0. The molecular weight excluding hydrogens is 391 g/mol. The maximum Gasteiger partial charge on any atom is 0.285 e. The number of aromatic nitrogens is 3. The minimum Gasteiger partial charge on any atom is -0.338 e. The van der Waals surface area contributed by atoms with Crippen molar-refractivity contribution in [2.45, 2.75) is 31.8 Å². The number of carbonyl (C=O) groups excluding carboxylic acids is 1. The summed E-state index contributed by atoms with van der Waals surface area (Å²) in [4.78, 5) is 24.7. The van der Waals surface area contributed by atoms with E-state index < -0.39 is 22.3 Å². The van der Waals surface area contributed by atoms with Gasteiger partial charge in [0.1, 0.15) is 23.0 Å². The van der Waals surface area contributed by atoms with Crippen molar-refractivity contribution < 1.29 is 14.1 Å². The molecule has 3 heterocycles. The van der Waals surface area contributed by atoms with E-state index in [-0.39, 0.29) is 23.9 Å². The van der Waals surface area contributed by atoms with Crippen LogP contribution in [0.25, 0.3) is 0 Å². The van der Waals surface area contributed by atoms with Crippen molar-refractivity contribution in [2.75, 3.05) is 19.6 Å². The molecule has 9 nitrogen and oxygen atoms in total. The van der Waals surface area contributed by atoms with Crippen LogP contribution in [0.3, 0.4) is 0 Å². The van der Waals surface area contributed by atoms with Gasteiger partial charge < -0.3 is 14.8 Å². The molecule has 1 aromatic heterocycles. The first-order chi connectivity index (χ1) is 13.0. The van der Waals surface area contributed by atoms with Crippen LogP contribution in [0.5, 0.6) is 0 Å². The van der Waals surface area contributed by atoms with E-state index in [4.69, 9.17) is 0 Å². The van der Waals surface area contributed by atoms with Crippen LogP contribution in [0.4, 0.5) is 10.1 Å². The van der Waals surface area contributed by atoms with Crippen LogP contribution in [0.1, 0.15) is 40.8 Å². The number of nitrogens with one attached hydrogen (secondary N) is 1. The summed E-state index contributed by atoms with van der Waals surface area (Å²) in [5.74, 6) is 0.912. The fourth-order valence-electron chi connectivity index (χ4n) is 3.76. The van der Waals surface area contributed by atoms with Gasteiger partial charge in [0.25, 0.3) is 11.6 Å². The van der Waals surface area contributed by atoms with Gasteiger partial charge in [-0.2, -0.15) is 0 Å². The van der Waals surface area contributed by atoms with Crippen LogP contribution in [-0.4, -0.2) is 50.1 Å². The molecule has 0 radical (unpaired) electrons. The van der Waals surface area contributed by atoms with E-state index in [0.29, 0.717) is 32.5 Å². The molecule has 2 aromatic rings. The SMILES string of the molecule is Cl.O=C(c1ccc(F)cc1[N+](=O)[O-])N1CCC(c2nnc3n2CCNC3)CC1. The molecule has 0 bridgehead atoms. The minimum atomic E-state index is -0.733. The number of likely N-dealkylation sites (tertiary alicyclic amines) is 1. The molecule has 1 aromatic carbocycles. The number of benzene rings is 1. The van der Waals surface area contributed by atoms with Crippen molar-refractivity contribution in [1.82, 2.24) is 25.0 Å². The lowest BCUT2D eigenvalue weighted by molar-refractivity contribution is -0.385. The molecule has 4 rings (SSSR count). The van der Waals surface area contributed by atoms with Crippen LogP contribution in [-0.2, 0) is 13.1 Å². The maximum atomic E-state index is 13.3. The summed E-state index contributed by atoms with van der Waals surface area (Å²) in [6, 6.07) is 3.05. The molecule has 28 heavy (non-hydrogen) atoms. The van der Waals surface area contributed by atoms with E-state index in [9.17, 15) is 19.3 Å². The van der Waals surface area contributed by atoms with E-state index in [1.807, 2.05) is 0 Å². The molecule has 150 valence electrons. The van der Waals surface area contributed by atoms with Crippen LogP contribution in [0.15, 0.2) is 18.2 Å². The van der Waals surface area contributed by atoms with Crippen LogP contribution in [0, 0.1) is 15.9 Å². The second-order valence-electron chi connectivity index (χ2n) is 6.79. The van der Waals surface area contributed by atoms with E-state index in [1.165, 1.54) is 6.07 Å². The zero-order valence-corrected chi connectivity index (χ0v) is 15.8. The molecule has 0 atom stereocenters. The zero-order chi connectivity index (χ0) is 19.0. The second-order valence-corrected chi connectivity index (χ2v) is 6.79. The first kappa shape index (κ1) is 20.2. The number of halogens is 2. The van der Waals surface area contributed by atoms with Gasteiger partial charge in [0.15, 0.2) is 0 Å². The molecule has 1 amide bonds. The topological polar surface area (TPSA) is 106 Å². The quantitative estimate of drug-likeness (QED) is 0.611. The normalized spacial score (nSPS) is 17.0. The van der Waals surface area contributed by atoms with Crippen molar-refractivity contribution in [3.63, 3.8) is 0 Å². The fraction of sp³-hybridized carbons (Fsp3) is 0.471. The number of nitrogens with zero attached hydrogens (tertiary/aromatic N) is 5. The number of amides is 1.